The zero-order valence-corrected chi connectivity index (χ0v) is 16.0. The van der Waals surface area contributed by atoms with Crippen LogP contribution in [0.4, 0.5) is 13.2 Å². The topological polar surface area (TPSA) is 22.1 Å². The minimum atomic E-state index is -0.761. The molecule has 0 radical (unpaired) electrons. The highest BCUT2D eigenvalue weighted by molar-refractivity contribution is 5.84. The van der Waals surface area contributed by atoms with Crippen molar-refractivity contribution in [3.63, 3.8) is 0 Å². The summed E-state index contributed by atoms with van der Waals surface area (Å²) in [7, 11) is 1.58. The molecule has 0 atom stereocenters. The van der Waals surface area contributed by atoms with E-state index in [1.165, 1.54) is 24.3 Å². The number of methoxy groups -OCH3 is 1. The molecule has 1 aromatic heterocycles. The van der Waals surface area contributed by atoms with Crippen molar-refractivity contribution in [1.29, 1.82) is 0 Å². The first-order valence-electron chi connectivity index (χ1n) is 9.18. The van der Waals surface area contributed by atoms with Crippen molar-refractivity contribution in [3.05, 3.63) is 101 Å². The van der Waals surface area contributed by atoms with Crippen LogP contribution < -0.4 is 0 Å². The van der Waals surface area contributed by atoms with Crippen LogP contribution in [0, 0.1) is 29.3 Å². The summed E-state index contributed by atoms with van der Waals surface area (Å²) < 4.78 is 47.4. The van der Waals surface area contributed by atoms with Gasteiger partial charge in [0, 0.05) is 24.4 Å². The Morgan fingerprint density at radius 1 is 0.833 bits per heavy atom. The fraction of sp³-hybridized carbons (Fsp3) is 0.0800. The lowest BCUT2D eigenvalue weighted by molar-refractivity contribution is 0.184. The summed E-state index contributed by atoms with van der Waals surface area (Å²) in [5.74, 6) is 3.50. The van der Waals surface area contributed by atoms with E-state index in [1.807, 2.05) is 0 Å². The fourth-order valence-electron chi connectivity index (χ4n) is 3.12. The molecule has 0 aliphatic rings. The minimum Gasteiger partial charge on any atom is -0.380 e. The van der Waals surface area contributed by atoms with Crippen molar-refractivity contribution in [2.45, 2.75) is 6.61 Å². The van der Waals surface area contributed by atoms with Gasteiger partial charge in [0.05, 0.1) is 17.9 Å². The van der Waals surface area contributed by atoms with Crippen molar-refractivity contribution in [2.75, 3.05) is 7.11 Å². The number of aromatic nitrogens is 1. The van der Waals surface area contributed by atoms with Gasteiger partial charge in [-0.15, -0.1) is 0 Å². The Labute approximate surface area is 172 Å². The minimum absolute atomic E-state index is 0.311. The SMILES string of the molecule is COCc1ccc(-c2cc(F)c(C#Cc3ccc4cc(F)ccc4c3)c(F)c2)nc1. The number of rotatable bonds is 3. The molecule has 4 rings (SSSR count). The average molecular weight is 403 g/mol. The standard InChI is InChI=1S/C25H16F3NO/c1-30-15-17-4-9-25(29-14-17)20-12-23(27)22(24(28)13-20)8-3-16-2-5-19-11-21(26)7-6-18(19)10-16/h2,4-7,9-14H,15H2,1H3. The van der Waals surface area contributed by atoms with Crippen LogP contribution in [0.25, 0.3) is 22.0 Å². The number of hydrogen-bond donors (Lipinski definition) is 0. The van der Waals surface area contributed by atoms with Gasteiger partial charge < -0.3 is 4.74 Å². The second-order valence-electron chi connectivity index (χ2n) is 6.76. The van der Waals surface area contributed by atoms with Gasteiger partial charge in [-0.1, -0.05) is 30.0 Å². The highest BCUT2D eigenvalue weighted by Crippen LogP contribution is 2.23. The van der Waals surface area contributed by atoms with Gasteiger partial charge >= 0.3 is 0 Å². The number of nitrogens with zero attached hydrogens (tertiary/aromatic N) is 1. The zero-order chi connectivity index (χ0) is 21.1. The monoisotopic (exact) mass is 403 g/mol. The highest BCUT2D eigenvalue weighted by atomic mass is 19.1. The van der Waals surface area contributed by atoms with E-state index in [0.29, 0.717) is 23.4 Å². The van der Waals surface area contributed by atoms with Crippen LogP contribution in [0.3, 0.4) is 0 Å². The first kappa shape index (κ1) is 19.7. The van der Waals surface area contributed by atoms with Crippen LogP contribution in [-0.2, 0) is 11.3 Å². The smallest absolute Gasteiger partial charge is 0.142 e. The summed E-state index contributed by atoms with van der Waals surface area (Å²) in [5.41, 5.74) is 1.91. The molecule has 3 aromatic carbocycles. The Bertz CT molecular complexity index is 1260. The highest BCUT2D eigenvalue weighted by Gasteiger charge is 2.11. The Balaban J connectivity index is 1.64. The first-order chi connectivity index (χ1) is 14.5. The number of ether oxygens (including phenoxy) is 1. The molecule has 0 saturated heterocycles. The van der Waals surface area contributed by atoms with Crippen LogP contribution in [0.15, 0.2) is 66.9 Å². The number of halogens is 3. The van der Waals surface area contributed by atoms with Crippen molar-refractivity contribution < 1.29 is 17.9 Å². The van der Waals surface area contributed by atoms with E-state index >= 15 is 0 Å². The summed E-state index contributed by atoms with van der Waals surface area (Å²) in [6.45, 7) is 0.411. The van der Waals surface area contributed by atoms with Crippen molar-refractivity contribution >= 4 is 10.8 Å². The van der Waals surface area contributed by atoms with Gasteiger partial charge in [0.25, 0.3) is 0 Å². The molecule has 0 unspecified atom stereocenters. The molecule has 0 N–H and O–H groups in total. The van der Waals surface area contributed by atoms with Gasteiger partial charge in [-0.3, -0.25) is 4.98 Å². The Morgan fingerprint density at radius 3 is 2.27 bits per heavy atom. The second kappa shape index (κ2) is 8.40. The number of benzene rings is 3. The van der Waals surface area contributed by atoms with Gasteiger partial charge in [-0.05, 0) is 58.8 Å². The van der Waals surface area contributed by atoms with Gasteiger partial charge in [0.1, 0.15) is 17.5 Å². The van der Waals surface area contributed by atoms with E-state index < -0.39 is 11.6 Å². The van der Waals surface area contributed by atoms with Gasteiger partial charge in [-0.25, -0.2) is 13.2 Å². The largest absolute Gasteiger partial charge is 0.380 e. The van der Waals surface area contributed by atoms with E-state index in [-0.39, 0.29) is 11.4 Å². The molecule has 0 amide bonds. The molecule has 1 heterocycles. The summed E-state index contributed by atoms with van der Waals surface area (Å²) in [6.07, 6.45) is 1.61. The van der Waals surface area contributed by atoms with E-state index in [0.717, 1.165) is 16.3 Å². The summed E-state index contributed by atoms with van der Waals surface area (Å²) in [6, 6.07) is 15.5. The third kappa shape index (κ3) is 4.19. The molecule has 0 spiro atoms. The molecule has 0 aliphatic carbocycles. The maximum atomic E-state index is 14.6. The number of pyridine rings is 1. The molecule has 148 valence electrons. The lowest BCUT2D eigenvalue weighted by Gasteiger charge is -2.05. The molecule has 0 aliphatic heterocycles. The summed E-state index contributed by atoms with van der Waals surface area (Å²) in [5, 5.41) is 1.52. The fourth-order valence-corrected chi connectivity index (χ4v) is 3.12. The molecule has 30 heavy (non-hydrogen) atoms. The van der Waals surface area contributed by atoms with Gasteiger partial charge in [0.15, 0.2) is 0 Å². The van der Waals surface area contributed by atoms with E-state index in [2.05, 4.69) is 16.8 Å². The molecule has 0 saturated carbocycles. The second-order valence-corrected chi connectivity index (χ2v) is 6.76. The molecule has 5 heteroatoms. The van der Waals surface area contributed by atoms with E-state index in [9.17, 15) is 13.2 Å². The predicted molar refractivity (Wildman–Crippen MR) is 110 cm³/mol. The normalized spacial score (nSPS) is 10.7. The lowest BCUT2D eigenvalue weighted by atomic mass is 10.0. The molecular formula is C25H16F3NO. The van der Waals surface area contributed by atoms with E-state index in [1.54, 1.807) is 49.7 Å². The third-order valence-electron chi connectivity index (χ3n) is 4.61. The van der Waals surface area contributed by atoms with Crippen LogP contribution in [-0.4, -0.2) is 12.1 Å². The van der Waals surface area contributed by atoms with E-state index in [4.69, 9.17) is 4.74 Å². The Hall–Kier alpha value is -3.62. The predicted octanol–water partition coefficient (Wildman–Crippen LogP) is 5.87. The molecular weight excluding hydrogens is 387 g/mol. The van der Waals surface area contributed by atoms with Crippen LogP contribution in [0.1, 0.15) is 16.7 Å². The Morgan fingerprint density at radius 2 is 1.57 bits per heavy atom. The molecule has 0 bridgehead atoms. The summed E-state index contributed by atoms with van der Waals surface area (Å²) in [4.78, 5) is 4.23. The number of fused-ring (bicyclic) bond motifs is 1. The molecule has 2 nitrogen and oxygen atoms in total. The zero-order valence-electron chi connectivity index (χ0n) is 16.0. The molecule has 4 aromatic rings. The third-order valence-corrected chi connectivity index (χ3v) is 4.61. The quantitative estimate of drug-likeness (QED) is 0.400. The average Bonchev–Trinajstić information content (AvgIpc) is 2.74. The van der Waals surface area contributed by atoms with Gasteiger partial charge in [0.2, 0.25) is 0 Å². The lowest BCUT2D eigenvalue weighted by Crippen LogP contribution is -1.95. The number of hydrogen-bond acceptors (Lipinski definition) is 2. The van der Waals surface area contributed by atoms with Crippen molar-refractivity contribution in [1.82, 2.24) is 4.98 Å². The maximum absolute atomic E-state index is 14.6. The van der Waals surface area contributed by atoms with Crippen molar-refractivity contribution in [2.24, 2.45) is 0 Å². The van der Waals surface area contributed by atoms with Crippen molar-refractivity contribution in [3.8, 4) is 23.1 Å². The summed E-state index contributed by atoms with van der Waals surface area (Å²) >= 11 is 0. The van der Waals surface area contributed by atoms with Crippen LogP contribution in [0.5, 0.6) is 0 Å². The van der Waals surface area contributed by atoms with Crippen LogP contribution >= 0.6 is 0 Å². The molecule has 0 fully saturated rings. The maximum Gasteiger partial charge on any atom is 0.142 e. The first-order valence-corrected chi connectivity index (χ1v) is 9.18. The van der Waals surface area contributed by atoms with Crippen LogP contribution in [0.2, 0.25) is 0 Å². The Kier molecular flexibility index (Phi) is 5.51. The van der Waals surface area contributed by atoms with Gasteiger partial charge in [-0.2, -0.15) is 0 Å².